The molecule has 0 N–H and O–H groups in total. The van der Waals surface area contributed by atoms with Crippen LogP contribution in [0.3, 0.4) is 0 Å². The van der Waals surface area contributed by atoms with Gasteiger partial charge in [-0.3, -0.25) is 0 Å². The quantitative estimate of drug-likeness (QED) is 0.411. The Labute approximate surface area is 122 Å². The normalized spacial score (nSPS) is 10.9. The molecule has 0 fully saturated rings. The van der Waals surface area contributed by atoms with Gasteiger partial charge in [-0.1, -0.05) is 18.2 Å². The number of pyridine rings is 1. The Morgan fingerprint density at radius 1 is 1.10 bits per heavy atom. The van der Waals surface area contributed by atoms with E-state index in [0.717, 1.165) is 21.8 Å². The monoisotopic (exact) mass is 283 g/mol. The number of methoxy groups -OCH3 is 1. The molecule has 0 spiro atoms. The van der Waals surface area contributed by atoms with Gasteiger partial charge in [0.05, 0.1) is 17.9 Å². The number of ether oxygens (including phenoxy) is 1. The Kier molecular flexibility index (Phi) is 3.03. The maximum absolute atomic E-state index is 12.0. The summed E-state index contributed by atoms with van der Waals surface area (Å²) in [6.07, 6.45) is 0. The van der Waals surface area contributed by atoms with Crippen LogP contribution in [0.2, 0.25) is 0 Å². The van der Waals surface area contributed by atoms with Crippen molar-refractivity contribution in [3.8, 4) is 5.75 Å². The summed E-state index contributed by atoms with van der Waals surface area (Å²) in [6.45, 7) is 0. The molecule has 0 radical (unpaired) electrons. The smallest absolute Gasteiger partial charge is 0.217 e. The van der Waals surface area contributed by atoms with E-state index in [1.807, 2.05) is 49.5 Å². The first-order valence-corrected chi connectivity index (χ1v) is 6.64. The van der Waals surface area contributed by atoms with Crippen LogP contribution in [0.25, 0.3) is 21.8 Å². The van der Waals surface area contributed by atoms with E-state index in [4.69, 9.17) is 17.4 Å². The van der Waals surface area contributed by atoms with Crippen LogP contribution in [0.15, 0.2) is 42.5 Å². The first-order valence-electron chi connectivity index (χ1n) is 6.24. The Bertz CT molecular complexity index is 843. The lowest BCUT2D eigenvalue weighted by Crippen LogP contribution is -2.31. The molecule has 0 saturated carbocycles. The minimum Gasteiger partial charge on any atom is -0.737 e. The van der Waals surface area contributed by atoms with Crippen LogP contribution in [0.4, 0.5) is 0 Å². The van der Waals surface area contributed by atoms with Gasteiger partial charge >= 0.3 is 0 Å². The summed E-state index contributed by atoms with van der Waals surface area (Å²) in [5, 5.41) is 1.26. The number of rotatable bonds is 2. The van der Waals surface area contributed by atoms with Crippen molar-refractivity contribution in [1.29, 1.82) is 0 Å². The van der Waals surface area contributed by atoms with E-state index in [-0.39, 0.29) is 5.12 Å². The Balaban J connectivity index is 2.68. The number of aromatic nitrogens is 1. The highest BCUT2D eigenvalue weighted by Gasteiger charge is 2.20. The predicted molar refractivity (Wildman–Crippen MR) is 80.9 cm³/mol. The summed E-state index contributed by atoms with van der Waals surface area (Å²) in [4.78, 5) is 12.0. The fourth-order valence-electron chi connectivity index (χ4n) is 2.67. The lowest BCUT2D eigenvalue weighted by molar-refractivity contribution is -0.617. The second-order valence-corrected chi connectivity index (χ2v) is 4.96. The molecule has 0 bridgehead atoms. The average molecular weight is 283 g/mol. The fraction of sp³-hybridized carbons (Fsp3) is 0.125. The minimum atomic E-state index is -0.365. The van der Waals surface area contributed by atoms with E-state index < -0.39 is 0 Å². The third-order valence-corrected chi connectivity index (χ3v) is 3.78. The lowest BCUT2D eigenvalue weighted by Gasteiger charge is -2.14. The number of nitrogens with zero attached hydrogens (tertiary/aromatic N) is 1. The highest BCUT2D eigenvalue weighted by Crippen LogP contribution is 2.31. The molecule has 4 heteroatoms. The van der Waals surface area contributed by atoms with Crippen molar-refractivity contribution in [3.05, 3.63) is 48.0 Å². The van der Waals surface area contributed by atoms with Crippen molar-refractivity contribution >= 4 is 39.5 Å². The Hall–Kier alpha value is -2.20. The molecular formula is C16H13NO2S. The first-order chi connectivity index (χ1) is 9.65. The van der Waals surface area contributed by atoms with Crippen LogP contribution in [0.1, 0.15) is 10.4 Å². The van der Waals surface area contributed by atoms with Gasteiger partial charge < -0.3 is 22.2 Å². The van der Waals surface area contributed by atoms with Gasteiger partial charge in [0.15, 0.2) is 0 Å². The van der Waals surface area contributed by atoms with Gasteiger partial charge in [-0.25, -0.2) is 0 Å². The maximum atomic E-state index is 12.0. The van der Waals surface area contributed by atoms with E-state index in [1.165, 1.54) is 0 Å². The van der Waals surface area contributed by atoms with Crippen molar-refractivity contribution < 1.29 is 14.1 Å². The molecule has 3 rings (SSSR count). The highest BCUT2D eigenvalue weighted by molar-refractivity contribution is 7.78. The third-order valence-electron chi connectivity index (χ3n) is 3.57. The molecule has 0 unspecified atom stereocenters. The van der Waals surface area contributed by atoms with Crippen LogP contribution in [0, 0.1) is 0 Å². The summed E-state index contributed by atoms with van der Waals surface area (Å²) >= 11 is 4.95. The van der Waals surface area contributed by atoms with Gasteiger partial charge in [0.1, 0.15) is 12.8 Å². The molecule has 0 saturated heterocycles. The number of hydrogen-bond acceptors (Lipinski definition) is 3. The number of fused-ring (bicyclic) bond motifs is 2. The molecular weight excluding hydrogens is 270 g/mol. The summed E-state index contributed by atoms with van der Waals surface area (Å²) in [6, 6.07) is 13.5. The average Bonchev–Trinajstić information content (AvgIpc) is 2.47. The highest BCUT2D eigenvalue weighted by atomic mass is 32.1. The van der Waals surface area contributed by atoms with Gasteiger partial charge in [0.25, 0.3) is 0 Å². The van der Waals surface area contributed by atoms with Crippen LogP contribution >= 0.6 is 0 Å². The fourth-order valence-corrected chi connectivity index (χ4v) is 2.89. The van der Waals surface area contributed by atoms with E-state index in [1.54, 1.807) is 7.11 Å². The van der Waals surface area contributed by atoms with E-state index in [0.29, 0.717) is 11.3 Å². The number of benzene rings is 2. The van der Waals surface area contributed by atoms with E-state index >= 15 is 0 Å². The number of carbonyl (C=O) groups excluding carboxylic acids is 1. The molecule has 3 nitrogen and oxygen atoms in total. The standard InChI is InChI=1S/C16H13NO2S/c1-17-11-7-4-3-6-10(11)14(16(18)20)15-12(17)8-5-9-13(15)19-2/h3-9H,1-2H3. The number of para-hydroxylation sites is 1. The summed E-state index contributed by atoms with van der Waals surface area (Å²) in [5.74, 6) is 0.664. The second-order valence-electron chi connectivity index (χ2n) is 4.59. The number of aryl methyl sites for hydroxylation is 1. The molecule has 0 aliphatic rings. The summed E-state index contributed by atoms with van der Waals surface area (Å²) < 4.78 is 7.46. The molecule has 3 aromatic rings. The van der Waals surface area contributed by atoms with Crippen molar-refractivity contribution in [1.82, 2.24) is 0 Å². The zero-order valence-corrected chi connectivity index (χ0v) is 12.0. The van der Waals surface area contributed by atoms with Gasteiger partial charge in [0, 0.05) is 22.8 Å². The Morgan fingerprint density at radius 3 is 2.50 bits per heavy atom. The molecule has 1 aromatic heterocycles. The summed E-state index contributed by atoms with van der Waals surface area (Å²) in [7, 11) is 3.57. The predicted octanol–water partition coefficient (Wildman–Crippen LogP) is 2.51. The maximum Gasteiger partial charge on any atom is 0.217 e. The minimum absolute atomic E-state index is 0.365. The van der Waals surface area contributed by atoms with Crippen molar-refractivity contribution in [3.63, 3.8) is 0 Å². The van der Waals surface area contributed by atoms with Crippen LogP contribution in [0.5, 0.6) is 5.75 Å². The topological polar surface area (TPSA) is 30.2 Å². The van der Waals surface area contributed by atoms with Crippen molar-refractivity contribution in [2.45, 2.75) is 0 Å². The Morgan fingerprint density at radius 2 is 1.80 bits per heavy atom. The number of carbonyl (C=O) groups is 1. The van der Waals surface area contributed by atoms with E-state index in [2.05, 4.69) is 4.57 Å². The zero-order chi connectivity index (χ0) is 14.3. The van der Waals surface area contributed by atoms with Crippen molar-refractivity contribution in [2.24, 2.45) is 7.05 Å². The lowest BCUT2D eigenvalue weighted by atomic mass is 10.0. The molecule has 0 aliphatic heterocycles. The molecule has 0 aliphatic carbocycles. The first kappa shape index (κ1) is 12.8. The third kappa shape index (κ3) is 1.72. The van der Waals surface area contributed by atoms with Gasteiger partial charge in [0.2, 0.25) is 11.0 Å². The molecule has 2 aromatic carbocycles. The molecule has 100 valence electrons. The van der Waals surface area contributed by atoms with E-state index in [9.17, 15) is 4.79 Å². The largest absolute Gasteiger partial charge is 0.737 e. The van der Waals surface area contributed by atoms with Crippen LogP contribution in [-0.2, 0) is 19.7 Å². The zero-order valence-electron chi connectivity index (χ0n) is 11.2. The molecule has 0 amide bonds. The van der Waals surface area contributed by atoms with Crippen LogP contribution in [-0.4, -0.2) is 12.2 Å². The second kappa shape index (κ2) is 4.72. The van der Waals surface area contributed by atoms with Crippen LogP contribution < -0.4 is 9.30 Å². The SMILES string of the molecule is COc1cccc2c1c(C(=O)[S-])c1ccccc1[n+]2C. The van der Waals surface area contributed by atoms with Gasteiger partial charge in [-0.2, -0.15) is 4.57 Å². The molecule has 20 heavy (non-hydrogen) atoms. The van der Waals surface area contributed by atoms with Gasteiger partial charge in [-0.15, -0.1) is 0 Å². The van der Waals surface area contributed by atoms with Crippen molar-refractivity contribution in [2.75, 3.05) is 7.11 Å². The summed E-state index contributed by atoms with van der Waals surface area (Å²) in [5.41, 5.74) is 2.44. The number of hydrogen-bond donors (Lipinski definition) is 0. The molecule has 1 heterocycles. The van der Waals surface area contributed by atoms with Gasteiger partial charge in [-0.05, 0) is 12.1 Å². The molecule has 0 atom stereocenters.